The van der Waals surface area contributed by atoms with Crippen molar-refractivity contribution < 1.29 is 67.2 Å². The van der Waals surface area contributed by atoms with Gasteiger partial charge in [-0.2, -0.15) is 0 Å². The molecular formula is C50H58N4O14. The van der Waals surface area contributed by atoms with Crippen LogP contribution in [0.2, 0.25) is 0 Å². The molecule has 2 aromatic heterocycles. The summed E-state index contributed by atoms with van der Waals surface area (Å²) in [6, 6.07) is 10.6. The molecule has 2 aliphatic heterocycles. The van der Waals surface area contributed by atoms with Gasteiger partial charge in [-0.3, -0.25) is 9.98 Å². The fourth-order valence-corrected chi connectivity index (χ4v) is 9.83. The number of carbonyl (C=O) groups excluding carboxylic acids is 2. The van der Waals surface area contributed by atoms with Gasteiger partial charge in [-0.05, 0) is 87.8 Å². The number of aliphatic hydroxyl groups excluding tert-OH is 2. The van der Waals surface area contributed by atoms with Crippen LogP contribution in [0.1, 0.15) is 97.6 Å². The molecule has 4 aliphatic rings. The number of hydrogen-bond donors (Lipinski definition) is 2. The van der Waals surface area contributed by atoms with Crippen LogP contribution in [0.5, 0.6) is 46.3 Å². The second kappa shape index (κ2) is 20.7. The summed E-state index contributed by atoms with van der Waals surface area (Å²) in [7, 11) is 9.32. The van der Waals surface area contributed by atoms with Gasteiger partial charge in [-0.25, -0.2) is 19.6 Å². The standard InChI is InChI=1S/C50H58N4O14/c1-9-65-41-17-27-29-15-25(11-13-35(29)53-45(31(27)19-39(41)61-5)33-23-51-43(63-7)21-37(33)59-3)67-49(57)47(55)48(56)50(58)68-26-12-14-36-30(16-26)28-18-42(66-10-2)40(62-6)20-32(28)46(54-36)34-24-52-44(64-8)22-38(34)60-4/h17-26,29-30,35-36,47-48,55-56H,9-16H2,1-8H3/t25-,26-,29-,30-,35-,36-,47?,48?/m0/s1. The molecule has 2 aliphatic carbocycles. The van der Waals surface area contributed by atoms with Gasteiger partial charge in [0.15, 0.2) is 35.2 Å². The largest absolute Gasteiger partial charge is 0.496 e. The van der Waals surface area contributed by atoms with Crippen molar-refractivity contribution in [2.24, 2.45) is 9.98 Å². The van der Waals surface area contributed by atoms with Crippen molar-refractivity contribution in [3.63, 3.8) is 0 Å². The molecule has 68 heavy (non-hydrogen) atoms. The summed E-state index contributed by atoms with van der Waals surface area (Å²) >= 11 is 0. The summed E-state index contributed by atoms with van der Waals surface area (Å²) in [5, 5.41) is 22.2. The Balaban J connectivity index is 0.969. The Bertz CT molecular complexity index is 2410. The zero-order valence-electron chi connectivity index (χ0n) is 39.5. The van der Waals surface area contributed by atoms with Gasteiger partial charge >= 0.3 is 11.9 Å². The quantitative estimate of drug-likeness (QED) is 0.124. The van der Waals surface area contributed by atoms with E-state index in [1.54, 1.807) is 53.0 Å². The lowest BCUT2D eigenvalue weighted by Crippen LogP contribution is -2.45. The number of rotatable bonds is 17. The van der Waals surface area contributed by atoms with Gasteiger partial charge < -0.3 is 57.6 Å². The first kappa shape index (κ1) is 47.8. The number of fused-ring (bicyclic) bond motifs is 6. The first-order valence-electron chi connectivity index (χ1n) is 22.8. The third-order valence-corrected chi connectivity index (χ3v) is 13.1. The molecule has 0 bridgehead atoms. The summed E-state index contributed by atoms with van der Waals surface area (Å²) < 4.78 is 57.3. The maximum Gasteiger partial charge on any atom is 0.338 e. The van der Waals surface area contributed by atoms with Gasteiger partial charge in [0, 0.05) is 47.5 Å². The van der Waals surface area contributed by atoms with Crippen molar-refractivity contribution in [2.75, 3.05) is 55.9 Å². The second-order valence-corrected chi connectivity index (χ2v) is 16.8. The maximum atomic E-state index is 13.5. The van der Waals surface area contributed by atoms with E-state index in [1.165, 1.54) is 14.2 Å². The number of benzene rings is 2. The zero-order valence-corrected chi connectivity index (χ0v) is 39.5. The van der Waals surface area contributed by atoms with E-state index >= 15 is 0 Å². The van der Waals surface area contributed by atoms with Crippen LogP contribution in [0.3, 0.4) is 0 Å². The number of carbonyl (C=O) groups is 2. The van der Waals surface area contributed by atoms with E-state index in [2.05, 4.69) is 9.97 Å². The fraction of sp³-hybridized carbons (Fsp3) is 0.480. The summed E-state index contributed by atoms with van der Waals surface area (Å²) in [6.45, 7) is 4.57. The number of aliphatic imine (C=N–C) groups is 2. The van der Waals surface area contributed by atoms with Gasteiger partial charge in [-0.15, -0.1) is 0 Å². The topological polar surface area (TPSA) is 217 Å². The molecular weight excluding hydrogens is 881 g/mol. The molecule has 0 saturated heterocycles. The molecule has 2 saturated carbocycles. The number of aromatic nitrogens is 2. The lowest BCUT2D eigenvalue weighted by Gasteiger charge is -2.39. The fourth-order valence-electron chi connectivity index (χ4n) is 9.83. The summed E-state index contributed by atoms with van der Waals surface area (Å²) in [4.78, 5) is 46.4. The number of esters is 2. The van der Waals surface area contributed by atoms with Crippen LogP contribution in [-0.2, 0) is 19.1 Å². The van der Waals surface area contributed by atoms with E-state index in [0.29, 0.717) is 121 Å². The Hall–Kier alpha value is -6.66. The number of ether oxygens (including phenoxy) is 10. The third kappa shape index (κ3) is 9.30. The minimum absolute atomic E-state index is 0.216. The average Bonchev–Trinajstić information content (AvgIpc) is 3.37. The molecule has 8 atom stereocenters. The van der Waals surface area contributed by atoms with Gasteiger partial charge in [-0.1, -0.05) is 0 Å². The Labute approximate surface area is 394 Å². The monoisotopic (exact) mass is 938 g/mol. The molecule has 18 heteroatoms. The molecule has 8 rings (SSSR count). The van der Waals surface area contributed by atoms with Crippen LogP contribution in [0, 0.1) is 0 Å². The van der Waals surface area contributed by atoms with Crippen LogP contribution in [0.25, 0.3) is 0 Å². The summed E-state index contributed by atoms with van der Waals surface area (Å²) in [5.74, 6) is 1.23. The molecule has 0 radical (unpaired) electrons. The number of aliphatic hydroxyl groups is 2. The summed E-state index contributed by atoms with van der Waals surface area (Å²) in [6.07, 6.45) is 0.165. The van der Waals surface area contributed by atoms with Crippen molar-refractivity contribution in [3.8, 4) is 46.3 Å². The van der Waals surface area contributed by atoms with Crippen LogP contribution in [-0.4, -0.2) is 136 Å². The van der Waals surface area contributed by atoms with Crippen LogP contribution in [0.4, 0.5) is 0 Å². The number of pyridine rings is 2. The molecule has 4 aromatic rings. The highest BCUT2D eigenvalue weighted by atomic mass is 16.6. The van der Waals surface area contributed by atoms with Crippen molar-refractivity contribution in [2.45, 2.75) is 101 Å². The Kier molecular flexibility index (Phi) is 14.5. The lowest BCUT2D eigenvalue weighted by atomic mass is 9.74. The van der Waals surface area contributed by atoms with Gasteiger partial charge in [0.1, 0.15) is 23.7 Å². The minimum atomic E-state index is -2.19. The predicted octanol–water partition coefficient (Wildman–Crippen LogP) is 5.55. The first-order valence-corrected chi connectivity index (χ1v) is 22.8. The first-order chi connectivity index (χ1) is 33.0. The molecule has 362 valence electrons. The number of nitrogens with zero attached hydrogens (tertiary/aromatic N) is 4. The van der Waals surface area contributed by atoms with Crippen molar-refractivity contribution in [3.05, 3.63) is 82.2 Å². The molecule has 0 spiro atoms. The SMILES string of the molecule is CCOc1cc2c(cc1OC)C(c1cnc(OC)cc1OC)=N[C@H]1CC[C@H](OC(=O)C(O)C(O)C(=O)O[C@H]3CC[C@@H]4N=C(c5cnc(OC)cc5OC)c5cc(OC)c(OCC)cc5[C@@H]4C3)C[C@@H]21. The van der Waals surface area contributed by atoms with Crippen LogP contribution < -0.4 is 37.9 Å². The predicted molar refractivity (Wildman–Crippen MR) is 247 cm³/mol. The smallest absolute Gasteiger partial charge is 0.338 e. The molecule has 2 unspecified atom stereocenters. The van der Waals surface area contributed by atoms with Crippen molar-refractivity contribution in [1.29, 1.82) is 0 Å². The number of hydrogen-bond acceptors (Lipinski definition) is 18. The molecule has 18 nitrogen and oxygen atoms in total. The highest BCUT2D eigenvalue weighted by Gasteiger charge is 2.44. The van der Waals surface area contributed by atoms with Crippen molar-refractivity contribution >= 4 is 23.4 Å². The third-order valence-electron chi connectivity index (χ3n) is 13.1. The zero-order chi connectivity index (χ0) is 48.2. The highest BCUT2D eigenvalue weighted by Crippen LogP contribution is 2.48. The average molecular weight is 939 g/mol. The van der Waals surface area contributed by atoms with Crippen LogP contribution in [0.15, 0.2) is 58.8 Å². The normalized spacial score (nSPS) is 22.2. The molecule has 2 fully saturated rings. The Morgan fingerprint density at radius 3 is 1.28 bits per heavy atom. The molecule has 2 aromatic carbocycles. The number of methoxy groups -OCH3 is 6. The van der Waals surface area contributed by atoms with E-state index in [0.717, 1.165) is 22.3 Å². The van der Waals surface area contributed by atoms with Gasteiger partial charge in [0.25, 0.3) is 0 Å². The highest BCUT2D eigenvalue weighted by molar-refractivity contribution is 6.17. The van der Waals surface area contributed by atoms with Gasteiger partial charge in [0.05, 0.1) is 90.5 Å². The van der Waals surface area contributed by atoms with E-state index < -0.39 is 36.4 Å². The molecule has 0 amide bonds. The second-order valence-electron chi connectivity index (χ2n) is 16.8. The Morgan fingerprint density at radius 2 is 0.926 bits per heavy atom. The molecule has 2 N–H and O–H groups in total. The van der Waals surface area contributed by atoms with Crippen LogP contribution >= 0.6 is 0 Å². The summed E-state index contributed by atoms with van der Waals surface area (Å²) in [5.41, 5.74) is 5.97. The van der Waals surface area contributed by atoms with E-state index in [1.807, 2.05) is 38.1 Å². The molecule has 4 heterocycles. The Morgan fingerprint density at radius 1 is 0.529 bits per heavy atom. The lowest BCUT2D eigenvalue weighted by molar-refractivity contribution is -0.180. The van der Waals surface area contributed by atoms with E-state index in [4.69, 9.17) is 57.4 Å². The van der Waals surface area contributed by atoms with Crippen molar-refractivity contribution in [1.82, 2.24) is 9.97 Å². The van der Waals surface area contributed by atoms with E-state index in [-0.39, 0.29) is 23.9 Å². The minimum Gasteiger partial charge on any atom is -0.496 e. The maximum absolute atomic E-state index is 13.5. The van der Waals surface area contributed by atoms with E-state index in [9.17, 15) is 19.8 Å². The van der Waals surface area contributed by atoms with Gasteiger partial charge in [0.2, 0.25) is 11.8 Å².